The molecule has 0 spiro atoms. The second-order valence-electron chi connectivity index (χ2n) is 4.44. The third-order valence-corrected chi connectivity index (χ3v) is 3.29. The lowest BCUT2D eigenvalue weighted by Crippen LogP contribution is -2.25. The molecule has 2 heterocycles. The predicted molar refractivity (Wildman–Crippen MR) is 67.8 cm³/mol. The highest BCUT2D eigenvalue weighted by molar-refractivity contribution is 5.37. The SMILES string of the molecule is O=c1ccncn1CC1CCOc2ccccc21. The Hall–Kier alpha value is -2.10. The summed E-state index contributed by atoms with van der Waals surface area (Å²) in [6.07, 6.45) is 4.05. The van der Waals surface area contributed by atoms with Crippen LogP contribution in [0.1, 0.15) is 17.9 Å². The largest absolute Gasteiger partial charge is 0.493 e. The molecule has 18 heavy (non-hydrogen) atoms. The summed E-state index contributed by atoms with van der Waals surface area (Å²) in [4.78, 5) is 15.7. The summed E-state index contributed by atoms with van der Waals surface area (Å²) in [7, 11) is 0. The standard InChI is InChI=1S/C14H14N2O2/c17-14-5-7-15-10-16(14)9-11-6-8-18-13-4-2-1-3-12(11)13/h1-5,7,10-11H,6,8-9H2. The van der Waals surface area contributed by atoms with E-state index in [0.29, 0.717) is 19.1 Å². The van der Waals surface area contributed by atoms with Crippen LogP contribution in [0.5, 0.6) is 5.75 Å². The fourth-order valence-electron chi connectivity index (χ4n) is 2.36. The molecule has 4 nitrogen and oxygen atoms in total. The second-order valence-corrected chi connectivity index (χ2v) is 4.44. The molecule has 0 amide bonds. The van der Waals surface area contributed by atoms with Gasteiger partial charge in [-0.1, -0.05) is 18.2 Å². The minimum atomic E-state index is -0.00558. The second kappa shape index (κ2) is 4.64. The number of hydrogen-bond donors (Lipinski definition) is 0. The van der Waals surface area contributed by atoms with Crippen molar-refractivity contribution >= 4 is 0 Å². The third kappa shape index (κ3) is 2.01. The Bertz CT molecular complexity index is 606. The van der Waals surface area contributed by atoms with E-state index < -0.39 is 0 Å². The predicted octanol–water partition coefficient (Wildman–Crippen LogP) is 1.81. The minimum Gasteiger partial charge on any atom is -0.493 e. The van der Waals surface area contributed by atoms with E-state index >= 15 is 0 Å². The summed E-state index contributed by atoms with van der Waals surface area (Å²) in [6.45, 7) is 1.36. The van der Waals surface area contributed by atoms with Crippen LogP contribution in [0.4, 0.5) is 0 Å². The number of ether oxygens (including phenoxy) is 1. The quantitative estimate of drug-likeness (QED) is 0.806. The van der Waals surface area contributed by atoms with Crippen LogP contribution in [-0.4, -0.2) is 16.2 Å². The van der Waals surface area contributed by atoms with Crippen LogP contribution in [-0.2, 0) is 6.54 Å². The summed E-state index contributed by atoms with van der Waals surface area (Å²) in [5.74, 6) is 1.25. The first-order chi connectivity index (χ1) is 8.84. The van der Waals surface area contributed by atoms with E-state index in [9.17, 15) is 4.79 Å². The van der Waals surface area contributed by atoms with Crippen molar-refractivity contribution in [2.75, 3.05) is 6.61 Å². The molecule has 92 valence electrons. The monoisotopic (exact) mass is 242 g/mol. The van der Waals surface area contributed by atoms with E-state index in [1.165, 1.54) is 17.8 Å². The number of rotatable bonds is 2. The minimum absolute atomic E-state index is 0.00558. The van der Waals surface area contributed by atoms with Crippen molar-refractivity contribution in [2.24, 2.45) is 0 Å². The summed E-state index contributed by atoms with van der Waals surface area (Å²) >= 11 is 0. The molecule has 1 aromatic heterocycles. The molecular weight excluding hydrogens is 228 g/mol. The highest BCUT2D eigenvalue weighted by atomic mass is 16.5. The van der Waals surface area contributed by atoms with Gasteiger partial charge in [-0.25, -0.2) is 4.98 Å². The van der Waals surface area contributed by atoms with Gasteiger partial charge >= 0.3 is 0 Å². The van der Waals surface area contributed by atoms with Crippen molar-refractivity contribution in [2.45, 2.75) is 18.9 Å². The normalized spacial score (nSPS) is 17.9. The maximum absolute atomic E-state index is 11.7. The van der Waals surface area contributed by atoms with Crippen LogP contribution >= 0.6 is 0 Å². The molecule has 0 radical (unpaired) electrons. The molecular formula is C14H14N2O2. The first-order valence-electron chi connectivity index (χ1n) is 6.07. The molecule has 2 aromatic rings. The van der Waals surface area contributed by atoms with Gasteiger partial charge in [0, 0.05) is 24.7 Å². The number of fused-ring (bicyclic) bond motifs is 1. The zero-order valence-electron chi connectivity index (χ0n) is 9.95. The van der Waals surface area contributed by atoms with Gasteiger partial charge in [-0.15, -0.1) is 0 Å². The fourth-order valence-corrected chi connectivity index (χ4v) is 2.36. The molecule has 4 heteroatoms. The lowest BCUT2D eigenvalue weighted by Gasteiger charge is -2.26. The Labute approximate surface area is 105 Å². The van der Waals surface area contributed by atoms with Gasteiger partial charge in [-0.2, -0.15) is 0 Å². The van der Waals surface area contributed by atoms with Gasteiger partial charge in [-0.3, -0.25) is 9.36 Å². The molecule has 1 atom stereocenters. The number of benzene rings is 1. The molecule has 0 saturated heterocycles. The van der Waals surface area contributed by atoms with Crippen LogP contribution in [0, 0.1) is 0 Å². The zero-order valence-corrected chi connectivity index (χ0v) is 9.95. The summed E-state index contributed by atoms with van der Waals surface area (Å²) < 4.78 is 7.28. The molecule has 1 aromatic carbocycles. The Kier molecular flexibility index (Phi) is 2.84. The molecule has 0 fully saturated rings. The third-order valence-electron chi connectivity index (χ3n) is 3.29. The molecule has 1 aliphatic rings. The van der Waals surface area contributed by atoms with Crippen LogP contribution in [0.15, 0.2) is 47.7 Å². The first kappa shape index (κ1) is 11.0. The van der Waals surface area contributed by atoms with E-state index in [-0.39, 0.29) is 5.56 Å². The number of aromatic nitrogens is 2. The topological polar surface area (TPSA) is 44.1 Å². The lowest BCUT2D eigenvalue weighted by atomic mass is 9.93. The summed E-state index contributed by atoms with van der Waals surface area (Å²) in [6, 6.07) is 9.52. The smallest absolute Gasteiger partial charge is 0.253 e. The van der Waals surface area contributed by atoms with Crippen LogP contribution in [0.25, 0.3) is 0 Å². The van der Waals surface area contributed by atoms with E-state index in [2.05, 4.69) is 11.1 Å². The first-order valence-corrected chi connectivity index (χ1v) is 6.07. The Morgan fingerprint density at radius 2 is 2.22 bits per heavy atom. The summed E-state index contributed by atoms with van der Waals surface area (Å²) in [5.41, 5.74) is 1.17. The van der Waals surface area contributed by atoms with Crippen molar-refractivity contribution < 1.29 is 4.74 Å². The highest BCUT2D eigenvalue weighted by Gasteiger charge is 2.21. The molecule has 0 bridgehead atoms. The van der Waals surface area contributed by atoms with Crippen molar-refractivity contribution in [3.63, 3.8) is 0 Å². The van der Waals surface area contributed by atoms with Crippen molar-refractivity contribution in [1.82, 2.24) is 9.55 Å². The zero-order chi connectivity index (χ0) is 12.4. The van der Waals surface area contributed by atoms with Gasteiger partial charge < -0.3 is 4.74 Å². The van der Waals surface area contributed by atoms with Crippen LogP contribution in [0.3, 0.4) is 0 Å². The Balaban J connectivity index is 1.91. The average molecular weight is 242 g/mol. The molecule has 0 N–H and O–H groups in total. The van der Waals surface area contributed by atoms with E-state index in [4.69, 9.17) is 4.74 Å². The average Bonchev–Trinajstić information content (AvgIpc) is 2.42. The Morgan fingerprint density at radius 1 is 1.33 bits per heavy atom. The van der Waals surface area contributed by atoms with E-state index in [0.717, 1.165) is 12.2 Å². The highest BCUT2D eigenvalue weighted by Crippen LogP contribution is 2.33. The van der Waals surface area contributed by atoms with Crippen LogP contribution in [0.2, 0.25) is 0 Å². The van der Waals surface area contributed by atoms with E-state index in [1.807, 2.05) is 18.2 Å². The van der Waals surface area contributed by atoms with Gasteiger partial charge in [0.25, 0.3) is 5.56 Å². The molecule has 1 aliphatic heterocycles. The van der Waals surface area contributed by atoms with Gasteiger partial charge in [0.15, 0.2) is 0 Å². The van der Waals surface area contributed by atoms with Gasteiger partial charge in [-0.05, 0) is 18.1 Å². The molecule has 3 rings (SSSR count). The lowest BCUT2D eigenvalue weighted by molar-refractivity contribution is 0.258. The fraction of sp³-hybridized carbons (Fsp3) is 0.286. The summed E-state index contributed by atoms with van der Waals surface area (Å²) in [5, 5.41) is 0. The van der Waals surface area contributed by atoms with Crippen molar-refractivity contribution in [3.05, 3.63) is 58.8 Å². The molecule has 0 saturated carbocycles. The van der Waals surface area contributed by atoms with Gasteiger partial charge in [0.2, 0.25) is 0 Å². The maximum atomic E-state index is 11.7. The van der Waals surface area contributed by atoms with Crippen molar-refractivity contribution in [1.29, 1.82) is 0 Å². The van der Waals surface area contributed by atoms with Crippen molar-refractivity contribution in [3.8, 4) is 5.75 Å². The molecule has 1 unspecified atom stereocenters. The number of hydrogen-bond acceptors (Lipinski definition) is 3. The number of para-hydroxylation sites is 1. The van der Waals surface area contributed by atoms with Gasteiger partial charge in [0.05, 0.1) is 12.9 Å². The molecule has 0 aliphatic carbocycles. The van der Waals surface area contributed by atoms with E-state index in [1.54, 1.807) is 10.9 Å². The maximum Gasteiger partial charge on any atom is 0.253 e. The number of nitrogens with zero attached hydrogens (tertiary/aromatic N) is 2. The van der Waals surface area contributed by atoms with Crippen LogP contribution < -0.4 is 10.3 Å². The Morgan fingerprint density at radius 3 is 3.11 bits per heavy atom. The van der Waals surface area contributed by atoms with Gasteiger partial charge in [0.1, 0.15) is 5.75 Å².